The molecule has 1 aromatic carbocycles. The highest BCUT2D eigenvalue weighted by Gasteiger charge is 2.30. The van der Waals surface area contributed by atoms with Crippen LogP contribution in [0.25, 0.3) is 0 Å². The third kappa shape index (κ3) is 3.08. The van der Waals surface area contributed by atoms with E-state index in [1.54, 1.807) is 0 Å². The van der Waals surface area contributed by atoms with E-state index in [-0.39, 0.29) is 11.8 Å². The Bertz CT molecular complexity index is 545. The SMILES string of the molecule is CN(c1ccc(CBr)c(Br)c1)C1CCS(=O)(=O)C1. The van der Waals surface area contributed by atoms with Crippen molar-refractivity contribution >= 4 is 47.4 Å². The van der Waals surface area contributed by atoms with Crippen molar-refractivity contribution in [2.24, 2.45) is 0 Å². The molecule has 100 valence electrons. The van der Waals surface area contributed by atoms with Crippen LogP contribution in [0.4, 0.5) is 5.69 Å². The van der Waals surface area contributed by atoms with Crippen molar-refractivity contribution in [2.75, 3.05) is 23.5 Å². The first-order valence-corrected chi connectivity index (χ1v) is 9.44. The van der Waals surface area contributed by atoms with Gasteiger partial charge in [0.25, 0.3) is 0 Å². The molecule has 1 aromatic rings. The molecule has 1 aliphatic rings. The Morgan fingerprint density at radius 2 is 2.17 bits per heavy atom. The molecule has 1 saturated heterocycles. The van der Waals surface area contributed by atoms with Gasteiger partial charge in [0.15, 0.2) is 9.84 Å². The smallest absolute Gasteiger partial charge is 0.152 e. The lowest BCUT2D eigenvalue weighted by Crippen LogP contribution is -2.32. The van der Waals surface area contributed by atoms with Crippen molar-refractivity contribution in [1.82, 2.24) is 0 Å². The minimum Gasteiger partial charge on any atom is -0.371 e. The van der Waals surface area contributed by atoms with Crippen molar-refractivity contribution in [1.29, 1.82) is 0 Å². The van der Waals surface area contributed by atoms with E-state index in [4.69, 9.17) is 0 Å². The quantitative estimate of drug-likeness (QED) is 0.737. The predicted octanol–water partition coefficient (Wildman–Crippen LogP) is 2.97. The summed E-state index contributed by atoms with van der Waals surface area (Å²) in [6, 6.07) is 6.22. The number of alkyl halides is 1. The van der Waals surface area contributed by atoms with Gasteiger partial charge in [-0.3, -0.25) is 0 Å². The first-order valence-electron chi connectivity index (χ1n) is 5.70. The van der Waals surface area contributed by atoms with E-state index in [0.717, 1.165) is 21.9 Å². The maximum atomic E-state index is 11.5. The molecule has 3 nitrogen and oxygen atoms in total. The Morgan fingerprint density at radius 1 is 1.44 bits per heavy atom. The van der Waals surface area contributed by atoms with Crippen molar-refractivity contribution in [3.05, 3.63) is 28.2 Å². The number of benzene rings is 1. The minimum atomic E-state index is -2.83. The largest absolute Gasteiger partial charge is 0.371 e. The first kappa shape index (κ1) is 14.3. The van der Waals surface area contributed by atoms with Crippen LogP contribution in [0.5, 0.6) is 0 Å². The van der Waals surface area contributed by atoms with Gasteiger partial charge in [0.1, 0.15) is 0 Å². The normalized spacial score (nSPS) is 22.1. The topological polar surface area (TPSA) is 37.4 Å². The fourth-order valence-corrected chi connectivity index (χ4v) is 5.30. The summed E-state index contributed by atoms with van der Waals surface area (Å²) >= 11 is 6.96. The zero-order valence-corrected chi connectivity index (χ0v) is 14.1. The molecule has 0 bridgehead atoms. The fourth-order valence-electron chi connectivity index (χ4n) is 2.16. The van der Waals surface area contributed by atoms with Crippen LogP contribution in [-0.2, 0) is 15.2 Å². The van der Waals surface area contributed by atoms with Crippen LogP contribution in [-0.4, -0.2) is 33.0 Å². The number of anilines is 1. The van der Waals surface area contributed by atoms with Gasteiger partial charge in [-0.25, -0.2) is 8.42 Å². The Morgan fingerprint density at radius 3 is 2.67 bits per heavy atom. The molecule has 1 atom stereocenters. The Balaban J connectivity index is 2.19. The van der Waals surface area contributed by atoms with Crippen molar-refractivity contribution in [2.45, 2.75) is 17.8 Å². The van der Waals surface area contributed by atoms with Crippen LogP contribution in [0.1, 0.15) is 12.0 Å². The van der Waals surface area contributed by atoms with Crippen molar-refractivity contribution < 1.29 is 8.42 Å². The number of halogens is 2. The second-order valence-electron chi connectivity index (χ2n) is 4.58. The summed E-state index contributed by atoms with van der Waals surface area (Å²) in [6.45, 7) is 0. The van der Waals surface area contributed by atoms with E-state index in [1.807, 2.05) is 25.2 Å². The zero-order chi connectivity index (χ0) is 13.3. The molecule has 1 unspecified atom stereocenters. The van der Waals surface area contributed by atoms with Crippen LogP contribution in [0.3, 0.4) is 0 Å². The fraction of sp³-hybridized carbons (Fsp3) is 0.500. The summed E-state index contributed by atoms with van der Waals surface area (Å²) in [6.07, 6.45) is 0.719. The highest BCUT2D eigenvalue weighted by atomic mass is 79.9. The first-order chi connectivity index (χ1) is 8.43. The molecular weight excluding hydrogens is 382 g/mol. The lowest BCUT2D eigenvalue weighted by molar-refractivity contribution is 0.601. The van der Waals surface area contributed by atoms with Crippen LogP contribution >= 0.6 is 31.9 Å². The number of sulfone groups is 1. The molecule has 6 heteroatoms. The maximum absolute atomic E-state index is 11.5. The molecule has 0 radical (unpaired) electrons. The van der Waals surface area contributed by atoms with Gasteiger partial charge < -0.3 is 4.90 Å². The van der Waals surface area contributed by atoms with E-state index in [0.29, 0.717) is 5.75 Å². The van der Waals surface area contributed by atoms with Crippen LogP contribution in [0.15, 0.2) is 22.7 Å². The Labute approximate surface area is 125 Å². The summed E-state index contributed by atoms with van der Waals surface area (Å²) < 4.78 is 24.0. The van der Waals surface area contributed by atoms with E-state index in [9.17, 15) is 8.42 Å². The lowest BCUT2D eigenvalue weighted by Gasteiger charge is -2.26. The van der Waals surface area contributed by atoms with Crippen LogP contribution in [0, 0.1) is 0 Å². The standard InChI is InChI=1S/C12H15Br2NO2S/c1-15(11-4-5-18(16,17)8-11)10-3-2-9(7-13)12(14)6-10/h2-3,6,11H,4-5,7-8H2,1H3. The van der Waals surface area contributed by atoms with Gasteiger partial charge in [0, 0.05) is 28.6 Å². The second-order valence-corrected chi connectivity index (χ2v) is 8.22. The van der Waals surface area contributed by atoms with Gasteiger partial charge in [-0.15, -0.1) is 0 Å². The molecule has 2 rings (SSSR count). The van der Waals surface area contributed by atoms with Gasteiger partial charge in [-0.2, -0.15) is 0 Å². The summed E-state index contributed by atoms with van der Waals surface area (Å²) in [5.41, 5.74) is 2.24. The average Bonchev–Trinajstić information content (AvgIpc) is 2.68. The molecule has 0 spiro atoms. The summed E-state index contributed by atoms with van der Waals surface area (Å²) in [5.74, 6) is 0.573. The predicted molar refractivity (Wildman–Crippen MR) is 82.2 cm³/mol. The third-order valence-electron chi connectivity index (χ3n) is 3.34. The molecule has 1 aliphatic heterocycles. The van der Waals surface area contributed by atoms with Crippen LogP contribution < -0.4 is 4.90 Å². The molecule has 0 aliphatic carbocycles. The number of hydrogen-bond donors (Lipinski definition) is 0. The molecule has 0 amide bonds. The van der Waals surface area contributed by atoms with Gasteiger partial charge in [-0.05, 0) is 24.1 Å². The molecule has 18 heavy (non-hydrogen) atoms. The Kier molecular flexibility index (Phi) is 4.39. The molecule has 0 saturated carbocycles. The molecular formula is C12H15Br2NO2S. The van der Waals surface area contributed by atoms with Gasteiger partial charge in [-0.1, -0.05) is 37.9 Å². The molecule has 1 fully saturated rings. The van der Waals surface area contributed by atoms with E-state index >= 15 is 0 Å². The summed E-state index contributed by atoms with van der Waals surface area (Å²) in [7, 11) is -0.873. The van der Waals surface area contributed by atoms with E-state index in [1.165, 1.54) is 5.56 Å². The zero-order valence-electron chi connectivity index (χ0n) is 10.1. The van der Waals surface area contributed by atoms with Crippen LogP contribution in [0.2, 0.25) is 0 Å². The van der Waals surface area contributed by atoms with Gasteiger partial charge >= 0.3 is 0 Å². The number of hydrogen-bond acceptors (Lipinski definition) is 3. The molecule has 0 N–H and O–H groups in total. The van der Waals surface area contributed by atoms with Crippen molar-refractivity contribution in [3.8, 4) is 0 Å². The van der Waals surface area contributed by atoms with Crippen molar-refractivity contribution in [3.63, 3.8) is 0 Å². The number of nitrogens with zero attached hydrogens (tertiary/aromatic N) is 1. The highest BCUT2D eigenvalue weighted by Crippen LogP contribution is 2.28. The maximum Gasteiger partial charge on any atom is 0.152 e. The highest BCUT2D eigenvalue weighted by molar-refractivity contribution is 9.10. The Hall–Kier alpha value is -0.0700. The second kappa shape index (κ2) is 5.51. The van der Waals surface area contributed by atoms with Gasteiger partial charge in [0.05, 0.1) is 11.5 Å². The average molecular weight is 397 g/mol. The number of rotatable bonds is 3. The van der Waals surface area contributed by atoms with E-state index in [2.05, 4.69) is 36.8 Å². The summed E-state index contributed by atoms with van der Waals surface area (Å²) in [4.78, 5) is 2.06. The summed E-state index contributed by atoms with van der Waals surface area (Å²) in [5, 5.41) is 0.801. The minimum absolute atomic E-state index is 0.0942. The van der Waals surface area contributed by atoms with E-state index < -0.39 is 9.84 Å². The lowest BCUT2D eigenvalue weighted by atomic mass is 10.1. The van der Waals surface area contributed by atoms with Gasteiger partial charge in [0.2, 0.25) is 0 Å². The molecule has 0 aromatic heterocycles. The molecule has 1 heterocycles. The monoisotopic (exact) mass is 395 g/mol. The third-order valence-corrected chi connectivity index (χ3v) is 6.44.